The van der Waals surface area contributed by atoms with Crippen molar-refractivity contribution in [1.82, 2.24) is 20.2 Å². The van der Waals surface area contributed by atoms with Crippen LogP contribution in [0.3, 0.4) is 0 Å². The molecule has 0 bridgehead atoms. The molecule has 0 aliphatic rings. The van der Waals surface area contributed by atoms with Crippen LogP contribution in [0.4, 0.5) is 0 Å². The van der Waals surface area contributed by atoms with Crippen molar-refractivity contribution in [2.75, 3.05) is 6.61 Å². The van der Waals surface area contributed by atoms with Gasteiger partial charge in [0.25, 0.3) is 5.56 Å². The predicted molar refractivity (Wildman–Crippen MR) is 89.0 cm³/mol. The first kappa shape index (κ1) is 15.3. The van der Waals surface area contributed by atoms with Crippen LogP contribution in [0.5, 0.6) is 5.75 Å². The number of hydrogen-bond acceptors (Lipinski definition) is 4. The summed E-state index contributed by atoms with van der Waals surface area (Å²) >= 11 is 0. The van der Waals surface area contributed by atoms with Gasteiger partial charge in [0.15, 0.2) is 5.52 Å². The van der Waals surface area contributed by atoms with E-state index in [0.717, 1.165) is 17.0 Å². The predicted octanol–water partition coefficient (Wildman–Crippen LogP) is 2.76. The number of aromatic amines is 2. The molecule has 120 valence electrons. The minimum Gasteiger partial charge on any atom is -0.494 e. The monoisotopic (exact) mass is 312 g/mol. The summed E-state index contributed by atoms with van der Waals surface area (Å²) in [6.45, 7) is 6.68. The third-order valence-corrected chi connectivity index (χ3v) is 3.67. The number of ether oxygens (including phenoxy) is 1. The molecular formula is C17H20N4O2. The summed E-state index contributed by atoms with van der Waals surface area (Å²) in [6.07, 6.45) is 0.556. The summed E-state index contributed by atoms with van der Waals surface area (Å²) in [5.41, 5.74) is 2.76. The summed E-state index contributed by atoms with van der Waals surface area (Å²) in [4.78, 5) is 19.6. The van der Waals surface area contributed by atoms with Crippen LogP contribution in [-0.4, -0.2) is 26.8 Å². The van der Waals surface area contributed by atoms with Gasteiger partial charge < -0.3 is 9.72 Å². The van der Waals surface area contributed by atoms with Gasteiger partial charge in [0.2, 0.25) is 0 Å². The summed E-state index contributed by atoms with van der Waals surface area (Å²) in [7, 11) is 0. The molecule has 1 aromatic carbocycles. The molecule has 0 fully saturated rings. The topological polar surface area (TPSA) is 83.7 Å². The van der Waals surface area contributed by atoms with Crippen LogP contribution in [0.25, 0.3) is 11.0 Å². The van der Waals surface area contributed by atoms with Gasteiger partial charge in [-0.25, -0.2) is 4.98 Å². The lowest BCUT2D eigenvalue weighted by atomic mass is 10.1. The summed E-state index contributed by atoms with van der Waals surface area (Å²) in [5.74, 6) is 1.70. The van der Waals surface area contributed by atoms with E-state index in [2.05, 4.69) is 20.2 Å². The van der Waals surface area contributed by atoms with Crippen molar-refractivity contribution in [3.05, 3.63) is 51.7 Å². The third-order valence-electron chi connectivity index (χ3n) is 3.67. The van der Waals surface area contributed by atoms with Crippen LogP contribution in [-0.2, 0) is 6.42 Å². The van der Waals surface area contributed by atoms with E-state index in [0.29, 0.717) is 29.9 Å². The first-order chi connectivity index (χ1) is 11.1. The Kier molecular flexibility index (Phi) is 4.14. The van der Waals surface area contributed by atoms with Crippen molar-refractivity contribution in [2.24, 2.45) is 0 Å². The van der Waals surface area contributed by atoms with Gasteiger partial charge in [-0.3, -0.25) is 9.89 Å². The van der Waals surface area contributed by atoms with E-state index in [9.17, 15) is 4.79 Å². The maximum atomic E-state index is 12.2. The lowest BCUT2D eigenvalue weighted by molar-refractivity contribution is 0.340. The van der Waals surface area contributed by atoms with E-state index in [4.69, 9.17) is 4.74 Å². The second-order valence-corrected chi connectivity index (χ2v) is 5.76. The molecule has 3 rings (SSSR count). The molecule has 0 atom stereocenters. The molecule has 2 N–H and O–H groups in total. The minimum atomic E-state index is -0.209. The Morgan fingerprint density at radius 2 is 1.91 bits per heavy atom. The number of fused-ring (bicyclic) bond motifs is 1. The smallest absolute Gasteiger partial charge is 0.279 e. The maximum absolute atomic E-state index is 12.2. The zero-order valence-corrected chi connectivity index (χ0v) is 13.5. The van der Waals surface area contributed by atoms with E-state index in [-0.39, 0.29) is 11.5 Å². The fourth-order valence-corrected chi connectivity index (χ4v) is 2.52. The van der Waals surface area contributed by atoms with Gasteiger partial charge in [-0.05, 0) is 30.5 Å². The largest absolute Gasteiger partial charge is 0.494 e. The number of nitrogens with zero attached hydrogens (tertiary/aromatic N) is 2. The Hall–Kier alpha value is -2.63. The minimum absolute atomic E-state index is 0.209. The van der Waals surface area contributed by atoms with Gasteiger partial charge in [-0.1, -0.05) is 26.0 Å². The van der Waals surface area contributed by atoms with Crippen molar-refractivity contribution < 1.29 is 4.74 Å². The van der Waals surface area contributed by atoms with Crippen molar-refractivity contribution in [2.45, 2.75) is 33.1 Å². The Balaban J connectivity index is 1.93. The number of hydrogen-bond donors (Lipinski definition) is 2. The number of H-pyrrole nitrogens is 2. The van der Waals surface area contributed by atoms with Crippen LogP contribution < -0.4 is 10.3 Å². The van der Waals surface area contributed by atoms with E-state index in [1.54, 1.807) is 0 Å². The van der Waals surface area contributed by atoms with E-state index >= 15 is 0 Å². The van der Waals surface area contributed by atoms with Gasteiger partial charge in [-0.15, -0.1) is 0 Å². The number of benzene rings is 1. The average molecular weight is 312 g/mol. The fourth-order valence-electron chi connectivity index (χ4n) is 2.52. The standard InChI is InChI=1S/C17H20N4O2/c1-4-23-12-7-5-11(6-8-12)9-13-18-15-14(10(2)3)20-21-16(15)17(22)19-13/h5-8,10H,4,9H2,1-3H3,(H,20,21)(H,18,19,22). The molecule has 3 aromatic rings. The Labute approximate surface area is 133 Å². The molecule has 0 unspecified atom stereocenters. The molecular weight excluding hydrogens is 292 g/mol. The number of aromatic nitrogens is 4. The average Bonchev–Trinajstić information content (AvgIpc) is 2.94. The Bertz CT molecular complexity index is 862. The van der Waals surface area contributed by atoms with Crippen LogP contribution in [0.1, 0.15) is 43.8 Å². The fraction of sp³-hybridized carbons (Fsp3) is 0.353. The van der Waals surface area contributed by atoms with Gasteiger partial charge in [0.05, 0.1) is 12.3 Å². The van der Waals surface area contributed by atoms with E-state index in [1.165, 1.54) is 0 Å². The van der Waals surface area contributed by atoms with Crippen LogP contribution in [0, 0.1) is 0 Å². The highest BCUT2D eigenvalue weighted by Crippen LogP contribution is 2.19. The molecule has 0 saturated carbocycles. The van der Waals surface area contributed by atoms with E-state index < -0.39 is 0 Å². The molecule has 2 heterocycles. The van der Waals surface area contributed by atoms with Crippen molar-refractivity contribution in [3.8, 4) is 5.75 Å². The first-order valence-electron chi connectivity index (χ1n) is 7.77. The lowest BCUT2D eigenvalue weighted by Crippen LogP contribution is -2.12. The molecule has 0 aliphatic heterocycles. The van der Waals surface area contributed by atoms with E-state index in [1.807, 2.05) is 45.0 Å². The zero-order chi connectivity index (χ0) is 16.4. The quantitative estimate of drug-likeness (QED) is 0.759. The highest BCUT2D eigenvalue weighted by atomic mass is 16.5. The lowest BCUT2D eigenvalue weighted by Gasteiger charge is -2.06. The van der Waals surface area contributed by atoms with Gasteiger partial charge >= 0.3 is 0 Å². The molecule has 0 spiro atoms. The number of rotatable bonds is 5. The molecule has 23 heavy (non-hydrogen) atoms. The molecule has 2 aromatic heterocycles. The zero-order valence-electron chi connectivity index (χ0n) is 13.5. The van der Waals surface area contributed by atoms with Crippen LogP contribution in [0.15, 0.2) is 29.1 Å². The van der Waals surface area contributed by atoms with Crippen molar-refractivity contribution >= 4 is 11.0 Å². The Morgan fingerprint density at radius 3 is 2.57 bits per heavy atom. The van der Waals surface area contributed by atoms with Gasteiger partial charge in [0, 0.05) is 6.42 Å². The van der Waals surface area contributed by atoms with Crippen molar-refractivity contribution in [3.63, 3.8) is 0 Å². The second-order valence-electron chi connectivity index (χ2n) is 5.76. The van der Waals surface area contributed by atoms with Gasteiger partial charge in [0.1, 0.15) is 17.1 Å². The Morgan fingerprint density at radius 1 is 1.17 bits per heavy atom. The summed E-state index contributed by atoms with van der Waals surface area (Å²) in [5, 5.41) is 6.99. The molecule has 0 amide bonds. The number of nitrogens with one attached hydrogen (secondary N) is 2. The maximum Gasteiger partial charge on any atom is 0.279 e. The molecule has 0 saturated heterocycles. The molecule has 6 heteroatoms. The summed E-state index contributed by atoms with van der Waals surface area (Å²) in [6, 6.07) is 7.81. The molecule has 6 nitrogen and oxygen atoms in total. The second kappa shape index (κ2) is 6.24. The SMILES string of the molecule is CCOc1ccc(Cc2nc3c(C(C)C)[nH]nc3c(=O)[nH]2)cc1. The highest BCUT2D eigenvalue weighted by Gasteiger charge is 2.14. The molecule has 0 radical (unpaired) electrons. The van der Waals surface area contributed by atoms with Crippen LogP contribution >= 0.6 is 0 Å². The molecule has 0 aliphatic carbocycles. The van der Waals surface area contributed by atoms with Crippen molar-refractivity contribution in [1.29, 1.82) is 0 Å². The highest BCUT2D eigenvalue weighted by molar-refractivity contribution is 5.76. The summed E-state index contributed by atoms with van der Waals surface area (Å²) < 4.78 is 5.43. The van der Waals surface area contributed by atoms with Gasteiger partial charge in [-0.2, -0.15) is 5.10 Å². The third kappa shape index (κ3) is 3.11. The van der Waals surface area contributed by atoms with Crippen LogP contribution in [0.2, 0.25) is 0 Å². The first-order valence-corrected chi connectivity index (χ1v) is 7.77. The normalized spacial score (nSPS) is 11.3.